The maximum absolute atomic E-state index is 11.2. The van der Waals surface area contributed by atoms with E-state index < -0.39 is 10.8 Å². The Morgan fingerprint density at radius 1 is 1.48 bits per heavy atom. The molecule has 10 nitrogen and oxygen atoms in total. The number of carbonyl (C=O) groups is 1. The van der Waals surface area contributed by atoms with E-state index in [9.17, 15) is 14.9 Å². The van der Waals surface area contributed by atoms with Crippen LogP contribution in [0.5, 0.6) is 0 Å². The highest BCUT2D eigenvalue weighted by Gasteiger charge is 2.21. The first-order valence-corrected chi connectivity index (χ1v) is 5.88. The molecule has 0 aromatic carbocycles. The number of hydrogen-bond donors (Lipinski definition) is 2. The van der Waals surface area contributed by atoms with Crippen LogP contribution >= 0.6 is 11.6 Å². The van der Waals surface area contributed by atoms with E-state index in [4.69, 9.17) is 17.3 Å². The summed E-state index contributed by atoms with van der Waals surface area (Å²) in [6.07, 6.45) is 3.87. The van der Waals surface area contributed by atoms with Gasteiger partial charge in [0.15, 0.2) is 11.3 Å². The number of fused-ring (bicyclic) bond motifs is 1. The lowest BCUT2D eigenvalue weighted by atomic mass is 10.2. The molecule has 106 valence electrons. The predicted octanol–water partition coefficient (Wildman–Crippen LogP) is 0.780. The number of aromatic amines is 1. The van der Waals surface area contributed by atoms with E-state index in [1.807, 2.05) is 0 Å². The zero-order valence-electron chi connectivity index (χ0n) is 10.1. The summed E-state index contributed by atoms with van der Waals surface area (Å²) in [5.74, 6) is -0.792. The van der Waals surface area contributed by atoms with Crippen molar-refractivity contribution >= 4 is 28.8 Å². The number of hydrogen-bond acceptors (Lipinski definition) is 6. The van der Waals surface area contributed by atoms with Gasteiger partial charge in [0, 0.05) is 18.0 Å². The highest BCUT2D eigenvalue weighted by atomic mass is 35.5. The summed E-state index contributed by atoms with van der Waals surface area (Å²) < 4.78 is 1.22. The van der Waals surface area contributed by atoms with Gasteiger partial charge in [-0.3, -0.25) is 20.0 Å². The van der Waals surface area contributed by atoms with Gasteiger partial charge < -0.3 is 5.73 Å². The summed E-state index contributed by atoms with van der Waals surface area (Å²) in [5.41, 5.74) is 5.56. The fraction of sp³-hybridized carbons (Fsp3) is 0. The lowest BCUT2D eigenvalue weighted by Gasteiger charge is -1.98. The van der Waals surface area contributed by atoms with Crippen LogP contribution in [0.3, 0.4) is 0 Å². The first-order valence-electron chi connectivity index (χ1n) is 5.51. The van der Waals surface area contributed by atoms with Crippen LogP contribution in [-0.4, -0.2) is 35.6 Å². The lowest BCUT2D eigenvalue weighted by molar-refractivity contribution is -0.384. The maximum Gasteiger partial charge on any atom is 0.314 e. The summed E-state index contributed by atoms with van der Waals surface area (Å²) >= 11 is 5.94. The Labute approximate surface area is 120 Å². The van der Waals surface area contributed by atoms with Crippen molar-refractivity contribution in [2.24, 2.45) is 5.73 Å². The van der Waals surface area contributed by atoms with Gasteiger partial charge in [-0.25, -0.2) is 9.50 Å². The van der Waals surface area contributed by atoms with Gasteiger partial charge in [-0.1, -0.05) is 11.6 Å². The molecule has 21 heavy (non-hydrogen) atoms. The Morgan fingerprint density at radius 3 is 2.90 bits per heavy atom. The first-order chi connectivity index (χ1) is 9.99. The van der Waals surface area contributed by atoms with Gasteiger partial charge >= 0.3 is 5.69 Å². The van der Waals surface area contributed by atoms with Crippen molar-refractivity contribution < 1.29 is 9.72 Å². The molecule has 0 spiro atoms. The fourth-order valence-electron chi connectivity index (χ4n) is 1.82. The van der Waals surface area contributed by atoms with E-state index in [0.29, 0.717) is 5.56 Å². The molecule has 3 N–H and O–H groups in total. The highest BCUT2D eigenvalue weighted by molar-refractivity contribution is 6.36. The molecule has 0 saturated heterocycles. The number of nitrogens with zero attached hydrogens (tertiary/aromatic N) is 5. The molecule has 3 aromatic heterocycles. The number of nitro groups is 1. The van der Waals surface area contributed by atoms with Crippen molar-refractivity contribution in [1.82, 2.24) is 24.8 Å². The molecule has 0 radical (unpaired) electrons. The molecule has 3 rings (SSSR count). The normalized spacial score (nSPS) is 10.9. The van der Waals surface area contributed by atoms with Gasteiger partial charge in [-0.2, -0.15) is 10.2 Å². The number of nitrogens with one attached hydrogen (secondary N) is 1. The van der Waals surface area contributed by atoms with E-state index in [0.717, 1.165) is 6.20 Å². The summed E-state index contributed by atoms with van der Waals surface area (Å²) in [7, 11) is 0. The smallest absolute Gasteiger partial charge is 0.314 e. The average Bonchev–Trinajstić information content (AvgIpc) is 3.03. The van der Waals surface area contributed by atoms with E-state index in [2.05, 4.69) is 20.3 Å². The summed E-state index contributed by atoms with van der Waals surface area (Å²) in [6, 6.07) is 0. The minimum absolute atomic E-state index is 0.0214. The number of nitrogens with two attached hydrogens (primary N) is 1. The Hall–Kier alpha value is -3.01. The Balaban J connectivity index is 2.20. The van der Waals surface area contributed by atoms with Crippen molar-refractivity contribution in [1.29, 1.82) is 0 Å². The molecule has 0 fully saturated rings. The number of halogens is 1. The Kier molecular flexibility index (Phi) is 2.80. The SMILES string of the molecule is NC(=O)c1nn2cc(-c3[nH]ncc3[N+](=O)[O-])cnc2c1Cl. The lowest BCUT2D eigenvalue weighted by Crippen LogP contribution is -2.12. The van der Waals surface area contributed by atoms with E-state index in [-0.39, 0.29) is 27.7 Å². The zero-order valence-corrected chi connectivity index (χ0v) is 10.9. The largest absolute Gasteiger partial charge is 0.364 e. The molecule has 0 aliphatic heterocycles. The van der Waals surface area contributed by atoms with Crippen molar-refractivity contribution in [2.75, 3.05) is 0 Å². The monoisotopic (exact) mass is 307 g/mol. The van der Waals surface area contributed by atoms with Crippen LogP contribution < -0.4 is 5.73 Å². The number of primary amides is 1. The van der Waals surface area contributed by atoms with Crippen LogP contribution in [0.15, 0.2) is 18.6 Å². The standard InChI is InChI=1S/C10H6ClN7O3/c11-6-8(9(12)19)16-17-3-4(1-13-10(6)17)7-5(18(20)21)2-14-15-7/h1-3H,(H2,12,19)(H,14,15). The second kappa shape index (κ2) is 4.52. The molecule has 11 heteroatoms. The van der Waals surface area contributed by atoms with Crippen LogP contribution in [-0.2, 0) is 0 Å². The third kappa shape index (κ3) is 1.97. The molecule has 0 unspecified atom stereocenters. The van der Waals surface area contributed by atoms with Crippen molar-refractivity contribution in [3.05, 3.63) is 39.4 Å². The summed E-state index contributed by atoms with van der Waals surface area (Å²) in [4.78, 5) is 25.5. The minimum Gasteiger partial charge on any atom is -0.364 e. The molecule has 0 atom stereocenters. The van der Waals surface area contributed by atoms with Gasteiger partial charge in [-0.15, -0.1) is 0 Å². The van der Waals surface area contributed by atoms with Crippen molar-refractivity contribution in [3.8, 4) is 11.3 Å². The molecule has 1 amide bonds. The third-order valence-corrected chi connectivity index (χ3v) is 3.10. The van der Waals surface area contributed by atoms with E-state index >= 15 is 0 Å². The highest BCUT2D eigenvalue weighted by Crippen LogP contribution is 2.28. The van der Waals surface area contributed by atoms with Crippen LogP contribution in [0, 0.1) is 10.1 Å². The molecular weight excluding hydrogens is 302 g/mol. The average molecular weight is 308 g/mol. The molecule has 0 saturated carbocycles. The molecular formula is C10H6ClN7O3. The predicted molar refractivity (Wildman–Crippen MR) is 70.8 cm³/mol. The third-order valence-electron chi connectivity index (χ3n) is 2.75. The molecule has 0 aliphatic rings. The van der Waals surface area contributed by atoms with Crippen LogP contribution in [0.25, 0.3) is 16.9 Å². The first kappa shape index (κ1) is 13.0. The van der Waals surface area contributed by atoms with Crippen molar-refractivity contribution in [3.63, 3.8) is 0 Å². The number of aromatic nitrogens is 5. The number of carbonyl (C=O) groups excluding carboxylic acids is 1. The second-order valence-corrected chi connectivity index (χ2v) is 4.40. The quantitative estimate of drug-likeness (QED) is 0.540. The zero-order chi connectivity index (χ0) is 15.1. The summed E-state index contributed by atoms with van der Waals surface area (Å²) in [5, 5.41) is 21.0. The topological polar surface area (TPSA) is 145 Å². The minimum atomic E-state index is -0.792. The van der Waals surface area contributed by atoms with Gasteiger partial charge in [0.2, 0.25) is 0 Å². The van der Waals surface area contributed by atoms with Crippen molar-refractivity contribution in [2.45, 2.75) is 0 Å². The fourth-order valence-corrected chi connectivity index (χ4v) is 2.09. The van der Waals surface area contributed by atoms with Crippen LogP contribution in [0.2, 0.25) is 5.02 Å². The number of H-pyrrole nitrogens is 1. The van der Waals surface area contributed by atoms with Gasteiger partial charge in [0.1, 0.15) is 16.9 Å². The number of rotatable bonds is 3. The van der Waals surface area contributed by atoms with E-state index in [1.165, 1.54) is 16.9 Å². The van der Waals surface area contributed by atoms with Crippen LogP contribution in [0.4, 0.5) is 5.69 Å². The number of amides is 1. The second-order valence-electron chi connectivity index (χ2n) is 4.03. The Morgan fingerprint density at radius 2 is 2.24 bits per heavy atom. The molecule has 0 aliphatic carbocycles. The Bertz CT molecular complexity index is 884. The van der Waals surface area contributed by atoms with E-state index in [1.54, 1.807) is 0 Å². The van der Waals surface area contributed by atoms with Crippen LogP contribution in [0.1, 0.15) is 10.5 Å². The van der Waals surface area contributed by atoms with Gasteiger partial charge in [0.25, 0.3) is 5.91 Å². The van der Waals surface area contributed by atoms with Gasteiger partial charge in [0.05, 0.1) is 4.92 Å². The molecule has 0 bridgehead atoms. The van der Waals surface area contributed by atoms with Gasteiger partial charge in [-0.05, 0) is 0 Å². The maximum atomic E-state index is 11.2. The summed E-state index contributed by atoms with van der Waals surface area (Å²) in [6.45, 7) is 0. The molecule has 3 heterocycles. The molecule has 3 aromatic rings.